The fourth-order valence-electron chi connectivity index (χ4n) is 2.85. The van der Waals surface area contributed by atoms with Crippen molar-refractivity contribution in [3.05, 3.63) is 59.7 Å². The van der Waals surface area contributed by atoms with Crippen LogP contribution in [0.25, 0.3) is 0 Å². The number of hydrogen-bond donors (Lipinski definition) is 3. The van der Waals surface area contributed by atoms with Gasteiger partial charge in [-0.1, -0.05) is 18.2 Å². The number of para-hydroxylation sites is 1. The minimum Gasteiger partial charge on any atom is -0.330 e. The Morgan fingerprint density at radius 1 is 1.08 bits per heavy atom. The molecule has 1 aliphatic carbocycles. The van der Waals surface area contributed by atoms with Gasteiger partial charge < -0.3 is 16.4 Å². The van der Waals surface area contributed by atoms with Gasteiger partial charge in [-0.05, 0) is 60.7 Å². The molecule has 0 spiro atoms. The third kappa shape index (κ3) is 4.11. The predicted molar refractivity (Wildman–Crippen MR) is 90.4 cm³/mol. The molecule has 0 aromatic heterocycles. The van der Waals surface area contributed by atoms with Crippen molar-refractivity contribution < 1.29 is 18.0 Å². The van der Waals surface area contributed by atoms with Crippen LogP contribution >= 0.6 is 0 Å². The molecular formula is C18H18F3N3O. The Bertz CT molecular complexity index is 759. The van der Waals surface area contributed by atoms with Gasteiger partial charge in [-0.15, -0.1) is 0 Å². The zero-order valence-electron chi connectivity index (χ0n) is 13.3. The van der Waals surface area contributed by atoms with E-state index in [-0.39, 0.29) is 5.69 Å². The molecule has 1 fully saturated rings. The fourth-order valence-corrected chi connectivity index (χ4v) is 2.85. The van der Waals surface area contributed by atoms with Crippen LogP contribution in [0.4, 0.5) is 29.3 Å². The number of nitrogens with two attached hydrogens (primary N) is 1. The molecule has 4 N–H and O–H groups in total. The summed E-state index contributed by atoms with van der Waals surface area (Å²) in [4.78, 5) is 12.1. The Hall–Kier alpha value is -2.54. The van der Waals surface area contributed by atoms with E-state index in [0.717, 1.165) is 24.1 Å². The molecule has 2 amide bonds. The first-order valence-corrected chi connectivity index (χ1v) is 7.92. The average molecular weight is 349 g/mol. The number of nitrogens with one attached hydrogen (secondary N) is 2. The standard InChI is InChI=1S/C18H18F3N3O/c19-18(20,21)12-5-7-13(8-6-12)23-17(25)24-16-4-2-1-3-14(16)15-9-11(15)10-22/h1-8,11,15H,9-10,22H2,(H2,23,24,25)/t11-,15+/m0/s1. The van der Waals surface area contributed by atoms with Crippen molar-refractivity contribution in [2.24, 2.45) is 11.7 Å². The lowest BCUT2D eigenvalue weighted by atomic mass is 10.1. The molecule has 132 valence electrons. The summed E-state index contributed by atoms with van der Waals surface area (Å²) < 4.78 is 37.6. The maximum atomic E-state index is 12.5. The first-order chi connectivity index (χ1) is 11.9. The van der Waals surface area contributed by atoms with Crippen LogP contribution in [-0.2, 0) is 6.18 Å². The summed E-state index contributed by atoms with van der Waals surface area (Å²) in [6, 6.07) is 11.3. The lowest BCUT2D eigenvalue weighted by molar-refractivity contribution is -0.137. The van der Waals surface area contributed by atoms with E-state index in [9.17, 15) is 18.0 Å². The Labute approximate surface area is 143 Å². The van der Waals surface area contributed by atoms with Gasteiger partial charge in [0.2, 0.25) is 0 Å². The SMILES string of the molecule is NC[C@@H]1C[C@H]1c1ccccc1NC(=O)Nc1ccc(C(F)(F)F)cc1. The summed E-state index contributed by atoms with van der Waals surface area (Å²) >= 11 is 0. The van der Waals surface area contributed by atoms with Gasteiger partial charge in [-0.2, -0.15) is 13.2 Å². The first-order valence-electron chi connectivity index (χ1n) is 7.92. The number of urea groups is 1. The van der Waals surface area contributed by atoms with E-state index in [1.165, 1.54) is 12.1 Å². The van der Waals surface area contributed by atoms with Crippen LogP contribution in [0.2, 0.25) is 0 Å². The molecule has 3 rings (SSSR count). The molecule has 1 saturated carbocycles. The zero-order chi connectivity index (χ0) is 18.0. The highest BCUT2D eigenvalue weighted by Gasteiger charge is 2.38. The molecule has 2 aromatic rings. The average Bonchev–Trinajstić information content (AvgIpc) is 3.34. The summed E-state index contributed by atoms with van der Waals surface area (Å²) in [5.41, 5.74) is 6.92. The van der Waals surface area contributed by atoms with E-state index in [1.54, 1.807) is 6.07 Å². The van der Waals surface area contributed by atoms with Crippen LogP contribution in [0.5, 0.6) is 0 Å². The molecule has 0 bridgehead atoms. The normalized spacial score (nSPS) is 19.4. The molecule has 7 heteroatoms. The van der Waals surface area contributed by atoms with Crippen LogP contribution in [0.1, 0.15) is 23.5 Å². The molecule has 4 nitrogen and oxygen atoms in total. The number of rotatable bonds is 4. The fraction of sp³-hybridized carbons (Fsp3) is 0.278. The van der Waals surface area contributed by atoms with Gasteiger partial charge >= 0.3 is 12.2 Å². The highest BCUT2D eigenvalue weighted by Crippen LogP contribution is 2.49. The second-order valence-corrected chi connectivity index (χ2v) is 6.08. The summed E-state index contributed by atoms with van der Waals surface area (Å²) in [6.07, 6.45) is -3.40. The summed E-state index contributed by atoms with van der Waals surface area (Å²) in [6.45, 7) is 0.608. The largest absolute Gasteiger partial charge is 0.416 e. The van der Waals surface area contributed by atoms with E-state index in [2.05, 4.69) is 10.6 Å². The van der Waals surface area contributed by atoms with Gasteiger partial charge in [0, 0.05) is 11.4 Å². The Morgan fingerprint density at radius 3 is 2.36 bits per heavy atom. The third-order valence-corrected chi connectivity index (χ3v) is 4.30. The number of carbonyl (C=O) groups excluding carboxylic acids is 1. The van der Waals surface area contributed by atoms with E-state index >= 15 is 0 Å². The molecule has 0 aliphatic heterocycles. The molecule has 0 saturated heterocycles. The minimum absolute atomic E-state index is 0.286. The molecular weight excluding hydrogens is 331 g/mol. The Morgan fingerprint density at radius 2 is 1.76 bits per heavy atom. The summed E-state index contributed by atoms with van der Waals surface area (Å²) in [5.74, 6) is 0.772. The van der Waals surface area contributed by atoms with Gasteiger partial charge in [-0.25, -0.2) is 4.79 Å². The van der Waals surface area contributed by atoms with Crippen molar-refractivity contribution in [3.8, 4) is 0 Å². The monoisotopic (exact) mass is 349 g/mol. The number of carbonyl (C=O) groups is 1. The van der Waals surface area contributed by atoms with E-state index in [1.807, 2.05) is 18.2 Å². The first kappa shape index (κ1) is 17.3. The highest BCUT2D eigenvalue weighted by atomic mass is 19.4. The van der Waals surface area contributed by atoms with Gasteiger partial charge in [0.1, 0.15) is 0 Å². The lowest BCUT2D eigenvalue weighted by Crippen LogP contribution is -2.20. The van der Waals surface area contributed by atoms with Gasteiger partial charge in [0.25, 0.3) is 0 Å². The number of amides is 2. The smallest absolute Gasteiger partial charge is 0.330 e. The van der Waals surface area contributed by atoms with Crippen LogP contribution in [0.3, 0.4) is 0 Å². The van der Waals surface area contributed by atoms with Crippen LogP contribution in [-0.4, -0.2) is 12.6 Å². The van der Waals surface area contributed by atoms with Crippen molar-refractivity contribution >= 4 is 17.4 Å². The molecule has 2 atom stereocenters. The summed E-state index contributed by atoms with van der Waals surface area (Å²) in [7, 11) is 0. The second-order valence-electron chi connectivity index (χ2n) is 6.08. The van der Waals surface area contributed by atoms with Gasteiger partial charge in [0.05, 0.1) is 5.56 Å². The number of hydrogen-bond acceptors (Lipinski definition) is 2. The maximum absolute atomic E-state index is 12.5. The second kappa shape index (κ2) is 6.76. The third-order valence-electron chi connectivity index (χ3n) is 4.30. The van der Waals surface area contributed by atoms with Gasteiger partial charge in [0.15, 0.2) is 0 Å². The topological polar surface area (TPSA) is 67.1 Å². The number of anilines is 2. The van der Waals surface area contributed by atoms with E-state index in [4.69, 9.17) is 5.73 Å². The molecule has 0 heterocycles. The molecule has 0 radical (unpaired) electrons. The Balaban J connectivity index is 1.66. The minimum atomic E-state index is -4.40. The lowest BCUT2D eigenvalue weighted by Gasteiger charge is -2.12. The zero-order valence-corrected chi connectivity index (χ0v) is 13.3. The number of benzene rings is 2. The van der Waals surface area contributed by atoms with Crippen molar-refractivity contribution in [3.63, 3.8) is 0 Å². The van der Waals surface area contributed by atoms with Crippen LogP contribution in [0.15, 0.2) is 48.5 Å². The molecule has 1 aliphatic rings. The Kier molecular flexibility index (Phi) is 4.67. The van der Waals surface area contributed by atoms with Crippen molar-refractivity contribution in [1.29, 1.82) is 0 Å². The van der Waals surface area contributed by atoms with Crippen molar-refractivity contribution in [2.45, 2.75) is 18.5 Å². The van der Waals surface area contributed by atoms with Crippen molar-refractivity contribution in [2.75, 3.05) is 17.2 Å². The maximum Gasteiger partial charge on any atom is 0.416 e. The number of halogens is 3. The predicted octanol–water partition coefficient (Wildman–Crippen LogP) is 4.41. The summed E-state index contributed by atoms with van der Waals surface area (Å²) in [5, 5.41) is 5.30. The quantitative estimate of drug-likeness (QED) is 0.765. The van der Waals surface area contributed by atoms with Gasteiger partial charge in [-0.3, -0.25) is 0 Å². The number of alkyl halides is 3. The van der Waals surface area contributed by atoms with Crippen LogP contribution in [0, 0.1) is 5.92 Å². The van der Waals surface area contributed by atoms with Crippen molar-refractivity contribution in [1.82, 2.24) is 0 Å². The van der Waals surface area contributed by atoms with Crippen LogP contribution < -0.4 is 16.4 Å². The van der Waals surface area contributed by atoms with E-state index in [0.29, 0.717) is 24.1 Å². The molecule has 2 aromatic carbocycles. The highest BCUT2D eigenvalue weighted by molar-refractivity contribution is 6.00. The molecule has 0 unspecified atom stereocenters. The van der Waals surface area contributed by atoms with E-state index < -0.39 is 17.8 Å². The molecule has 25 heavy (non-hydrogen) atoms.